The molecule has 1 heterocycles. The lowest BCUT2D eigenvalue weighted by molar-refractivity contribution is -0.157. The number of amides is 2. The molecule has 25 heavy (non-hydrogen) atoms. The van der Waals surface area contributed by atoms with Crippen LogP contribution >= 0.6 is 11.8 Å². The highest BCUT2D eigenvalue weighted by Gasteiger charge is 2.48. The second-order valence-corrected chi connectivity index (χ2v) is 6.98. The molecule has 9 heteroatoms. The molecule has 0 aliphatic carbocycles. The summed E-state index contributed by atoms with van der Waals surface area (Å²) in [5.41, 5.74) is 0.147. The number of para-hydroxylation sites is 2. The van der Waals surface area contributed by atoms with Crippen molar-refractivity contribution in [2.24, 2.45) is 0 Å². The number of ketones is 1. The molecule has 1 N–H and O–H groups in total. The minimum atomic E-state index is -4.76. The van der Waals surface area contributed by atoms with Crippen molar-refractivity contribution in [3.05, 3.63) is 24.3 Å². The number of nitrogens with zero attached hydrogens (tertiary/aromatic N) is 1. The number of halogens is 3. The Morgan fingerprint density at radius 1 is 1.36 bits per heavy atom. The lowest BCUT2D eigenvalue weighted by Crippen LogP contribution is -2.50. The van der Waals surface area contributed by atoms with Gasteiger partial charge in [0.25, 0.3) is 0 Å². The van der Waals surface area contributed by atoms with Crippen molar-refractivity contribution >= 4 is 40.7 Å². The fraction of sp³-hybridized carbons (Fsp3) is 0.438. The lowest BCUT2D eigenvalue weighted by atomic mass is 10.1. The van der Waals surface area contributed by atoms with Crippen LogP contribution in [-0.2, 0) is 14.4 Å². The maximum atomic E-state index is 13.5. The Morgan fingerprint density at radius 3 is 2.60 bits per heavy atom. The number of hydrogen-bond acceptors (Lipinski definition) is 4. The molecule has 1 aromatic carbocycles. The second kappa shape index (κ2) is 7.47. The Labute approximate surface area is 146 Å². The lowest BCUT2D eigenvalue weighted by Gasteiger charge is -2.31. The van der Waals surface area contributed by atoms with Crippen molar-refractivity contribution in [2.75, 3.05) is 16.0 Å². The van der Waals surface area contributed by atoms with Crippen molar-refractivity contribution in [3.63, 3.8) is 0 Å². The fourth-order valence-electron chi connectivity index (χ4n) is 2.38. The maximum absolute atomic E-state index is 13.5. The highest BCUT2D eigenvalue weighted by molar-refractivity contribution is 8.01. The number of alkyl halides is 3. The minimum Gasteiger partial charge on any atom is -0.324 e. The molecule has 0 radical (unpaired) electrons. The molecule has 0 bridgehead atoms. The Hall–Kier alpha value is -2.03. The number of hydrogen-bond donors (Lipinski definition) is 1. The van der Waals surface area contributed by atoms with Crippen LogP contribution in [0.25, 0.3) is 0 Å². The van der Waals surface area contributed by atoms with Gasteiger partial charge in [-0.25, -0.2) is 0 Å². The summed E-state index contributed by atoms with van der Waals surface area (Å²) in [6.45, 7) is 2.94. The molecule has 0 fully saturated rings. The predicted molar refractivity (Wildman–Crippen MR) is 89.6 cm³/mol. The van der Waals surface area contributed by atoms with Gasteiger partial charge in [0.1, 0.15) is 11.8 Å². The predicted octanol–water partition coefficient (Wildman–Crippen LogP) is 3.00. The molecular formula is C16H17F3N2O3S. The van der Waals surface area contributed by atoms with E-state index in [1.54, 1.807) is 13.0 Å². The number of fused-ring (bicyclic) bond motifs is 1. The summed E-state index contributed by atoms with van der Waals surface area (Å²) in [6, 6.07) is 3.60. The van der Waals surface area contributed by atoms with Gasteiger partial charge in [-0.1, -0.05) is 12.1 Å². The Morgan fingerprint density at radius 2 is 2.00 bits per heavy atom. The first-order valence-corrected chi connectivity index (χ1v) is 8.56. The summed E-state index contributed by atoms with van der Waals surface area (Å²) in [6.07, 6.45) is -5.64. The average molecular weight is 374 g/mol. The highest BCUT2D eigenvalue weighted by atomic mass is 32.2. The van der Waals surface area contributed by atoms with E-state index in [-0.39, 0.29) is 22.9 Å². The van der Waals surface area contributed by atoms with E-state index in [0.717, 1.165) is 11.8 Å². The van der Waals surface area contributed by atoms with E-state index < -0.39 is 35.7 Å². The highest BCUT2D eigenvalue weighted by Crippen LogP contribution is 2.38. The smallest absolute Gasteiger partial charge is 0.324 e. The van der Waals surface area contributed by atoms with Crippen LogP contribution in [0.5, 0.6) is 0 Å². The van der Waals surface area contributed by atoms with E-state index >= 15 is 0 Å². The third-order valence-electron chi connectivity index (χ3n) is 3.80. The topological polar surface area (TPSA) is 66.5 Å². The number of thioether (sulfide) groups is 1. The van der Waals surface area contributed by atoms with Crippen molar-refractivity contribution in [1.82, 2.24) is 0 Å². The SMILES string of the molecule is CC(=O)[C@@H](C)SCC(=O)N1c2ccccc2NC(=O)C[C@H]1C(F)(F)F. The van der Waals surface area contributed by atoms with Crippen LogP contribution in [0.3, 0.4) is 0 Å². The van der Waals surface area contributed by atoms with Gasteiger partial charge < -0.3 is 5.32 Å². The monoisotopic (exact) mass is 374 g/mol. The molecule has 1 aliphatic rings. The van der Waals surface area contributed by atoms with Gasteiger partial charge >= 0.3 is 6.18 Å². The summed E-state index contributed by atoms with van der Waals surface area (Å²) in [5, 5.41) is 1.89. The van der Waals surface area contributed by atoms with Gasteiger partial charge in [0.2, 0.25) is 11.8 Å². The molecule has 0 spiro atoms. The van der Waals surface area contributed by atoms with E-state index in [0.29, 0.717) is 4.90 Å². The number of anilines is 2. The molecule has 2 atom stereocenters. The molecule has 2 amide bonds. The fourth-order valence-corrected chi connectivity index (χ4v) is 3.15. The third kappa shape index (κ3) is 4.53. The van der Waals surface area contributed by atoms with Gasteiger partial charge in [-0.3, -0.25) is 19.3 Å². The average Bonchev–Trinajstić information content (AvgIpc) is 2.67. The summed E-state index contributed by atoms with van der Waals surface area (Å²) in [4.78, 5) is 36.3. The third-order valence-corrected chi connectivity index (χ3v) is 5.05. The quantitative estimate of drug-likeness (QED) is 0.880. The second-order valence-electron chi connectivity index (χ2n) is 5.65. The van der Waals surface area contributed by atoms with Gasteiger partial charge in [0.15, 0.2) is 0 Å². The molecule has 0 aromatic heterocycles. The maximum Gasteiger partial charge on any atom is 0.409 e. The van der Waals surface area contributed by atoms with Crippen LogP contribution in [0.15, 0.2) is 24.3 Å². The standard InChI is InChI=1S/C16H17F3N2O3S/c1-9(22)10(2)25-8-15(24)21-12-6-4-3-5-11(12)20-14(23)7-13(21)16(17,18)19/h3-6,10,13H,7-8H2,1-2H3,(H,20,23)/t10-,13+/m1/s1. The summed E-state index contributed by atoms with van der Waals surface area (Å²) < 4.78 is 40.5. The van der Waals surface area contributed by atoms with Crippen LogP contribution in [0.1, 0.15) is 20.3 Å². The van der Waals surface area contributed by atoms with Crippen molar-refractivity contribution in [3.8, 4) is 0 Å². The Bertz CT molecular complexity index is 693. The molecule has 5 nitrogen and oxygen atoms in total. The number of rotatable bonds is 4. The van der Waals surface area contributed by atoms with Gasteiger partial charge in [-0.05, 0) is 26.0 Å². The molecule has 1 aromatic rings. The molecule has 1 aliphatic heterocycles. The first kappa shape index (κ1) is 19.3. The normalized spacial score (nSPS) is 18.8. The molecule has 0 saturated carbocycles. The molecule has 2 rings (SSSR count). The summed E-state index contributed by atoms with van der Waals surface area (Å²) in [7, 11) is 0. The van der Waals surface area contributed by atoms with Crippen molar-refractivity contribution in [2.45, 2.75) is 37.7 Å². The van der Waals surface area contributed by atoms with Crippen LogP contribution in [-0.4, -0.2) is 40.8 Å². The summed E-state index contributed by atoms with van der Waals surface area (Å²) >= 11 is 0.968. The van der Waals surface area contributed by atoms with Gasteiger partial charge in [0.05, 0.1) is 28.8 Å². The van der Waals surface area contributed by atoms with E-state index in [9.17, 15) is 27.6 Å². The van der Waals surface area contributed by atoms with Gasteiger partial charge in [0, 0.05) is 0 Å². The van der Waals surface area contributed by atoms with Crippen molar-refractivity contribution in [1.29, 1.82) is 0 Å². The number of nitrogens with one attached hydrogen (secondary N) is 1. The van der Waals surface area contributed by atoms with E-state index in [1.807, 2.05) is 0 Å². The van der Waals surface area contributed by atoms with E-state index in [4.69, 9.17) is 0 Å². The van der Waals surface area contributed by atoms with Crippen LogP contribution in [0.2, 0.25) is 0 Å². The van der Waals surface area contributed by atoms with E-state index in [1.165, 1.54) is 25.1 Å². The summed E-state index contributed by atoms with van der Waals surface area (Å²) in [5.74, 6) is -2.08. The van der Waals surface area contributed by atoms with Gasteiger partial charge in [-0.15, -0.1) is 11.8 Å². The number of carbonyl (C=O) groups is 3. The Kier molecular flexibility index (Phi) is 5.76. The first-order chi connectivity index (χ1) is 11.6. The number of benzene rings is 1. The van der Waals surface area contributed by atoms with Crippen molar-refractivity contribution < 1.29 is 27.6 Å². The zero-order chi connectivity index (χ0) is 18.8. The first-order valence-electron chi connectivity index (χ1n) is 7.51. The largest absolute Gasteiger partial charge is 0.409 e. The molecule has 0 saturated heterocycles. The zero-order valence-electron chi connectivity index (χ0n) is 13.6. The number of Topliss-reactive ketones (excluding diaryl/α,β-unsaturated/α-hetero) is 1. The van der Waals surface area contributed by atoms with Crippen LogP contribution in [0, 0.1) is 0 Å². The van der Waals surface area contributed by atoms with Gasteiger partial charge in [-0.2, -0.15) is 13.2 Å². The van der Waals surface area contributed by atoms with Crippen LogP contribution in [0.4, 0.5) is 24.5 Å². The van der Waals surface area contributed by atoms with E-state index in [2.05, 4.69) is 5.32 Å². The number of carbonyl (C=O) groups excluding carboxylic acids is 3. The minimum absolute atomic E-state index is 0.00301. The molecule has 0 unspecified atom stereocenters. The Balaban J connectivity index is 2.39. The molecular weight excluding hydrogens is 357 g/mol. The molecule has 136 valence electrons. The zero-order valence-corrected chi connectivity index (χ0v) is 14.4. The van der Waals surface area contributed by atoms with Crippen LogP contribution < -0.4 is 10.2 Å².